The first-order valence-corrected chi connectivity index (χ1v) is 8.19. The second-order valence-electron chi connectivity index (χ2n) is 5.53. The number of ether oxygens (including phenoxy) is 2. The van der Waals surface area contributed by atoms with Crippen molar-refractivity contribution in [2.45, 2.75) is 13.8 Å². The molecule has 1 N–H and O–H groups in total. The lowest BCUT2D eigenvalue weighted by Gasteiger charge is -2.10. The van der Waals surface area contributed by atoms with E-state index >= 15 is 0 Å². The molecule has 0 heterocycles. The lowest BCUT2D eigenvalue weighted by Crippen LogP contribution is -2.24. The van der Waals surface area contributed by atoms with Gasteiger partial charge in [-0.1, -0.05) is 29.8 Å². The zero-order valence-electron chi connectivity index (χ0n) is 14.4. The SMILES string of the molecule is CC(=O)c1ccccc1NC(=O)COC(=O)COc1cc(C)ccc1Cl. The maximum Gasteiger partial charge on any atom is 0.344 e. The molecule has 136 valence electrons. The number of nitrogens with one attached hydrogen (secondary N) is 1. The first-order chi connectivity index (χ1) is 12.4. The molecule has 0 bridgehead atoms. The van der Waals surface area contributed by atoms with Gasteiger partial charge in [0.2, 0.25) is 0 Å². The largest absolute Gasteiger partial charge is 0.480 e. The van der Waals surface area contributed by atoms with Gasteiger partial charge in [0.05, 0.1) is 10.7 Å². The molecule has 2 aromatic carbocycles. The summed E-state index contributed by atoms with van der Waals surface area (Å²) in [6, 6.07) is 11.8. The molecule has 0 saturated carbocycles. The number of hydrogen-bond donors (Lipinski definition) is 1. The van der Waals surface area contributed by atoms with E-state index in [1.807, 2.05) is 13.0 Å². The minimum atomic E-state index is -0.711. The molecule has 0 aliphatic rings. The number of rotatable bonds is 7. The number of anilines is 1. The van der Waals surface area contributed by atoms with Gasteiger partial charge in [0, 0.05) is 5.56 Å². The van der Waals surface area contributed by atoms with Crippen LogP contribution in [0, 0.1) is 6.92 Å². The number of ketones is 1. The third kappa shape index (κ3) is 5.60. The molecule has 0 unspecified atom stereocenters. The van der Waals surface area contributed by atoms with E-state index in [9.17, 15) is 14.4 Å². The molecule has 0 aromatic heterocycles. The zero-order chi connectivity index (χ0) is 19.1. The maximum absolute atomic E-state index is 11.9. The molecule has 26 heavy (non-hydrogen) atoms. The summed E-state index contributed by atoms with van der Waals surface area (Å²) in [4.78, 5) is 35.1. The second kappa shape index (κ2) is 9.01. The van der Waals surface area contributed by atoms with Crippen molar-refractivity contribution in [2.75, 3.05) is 18.5 Å². The average molecular weight is 376 g/mol. The van der Waals surface area contributed by atoms with Crippen molar-refractivity contribution < 1.29 is 23.9 Å². The van der Waals surface area contributed by atoms with Gasteiger partial charge in [0.25, 0.3) is 5.91 Å². The molecule has 0 spiro atoms. The summed E-state index contributed by atoms with van der Waals surface area (Å²) in [6.45, 7) is 2.40. The highest BCUT2D eigenvalue weighted by atomic mass is 35.5. The van der Waals surface area contributed by atoms with Crippen LogP contribution in [0.5, 0.6) is 5.75 Å². The van der Waals surface area contributed by atoms with Crippen LogP contribution in [0.15, 0.2) is 42.5 Å². The molecular formula is C19H18ClNO5. The number of benzene rings is 2. The number of amides is 1. The topological polar surface area (TPSA) is 81.7 Å². The number of carbonyl (C=O) groups is 3. The summed E-state index contributed by atoms with van der Waals surface area (Å²) in [5, 5.41) is 2.92. The number of esters is 1. The van der Waals surface area contributed by atoms with Crippen LogP contribution < -0.4 is 10.1 Å². The number of hydrogen-bond acceptors (Lipinski definition) is 5. The second-order valence-corrected chi connectivity index (χ2v) is 5.94. The fourth-order valence-electron chi connectivity index (χ4n) is 2.13. The van der Waals surface area contributed by atoms with Crippen LogP contribution >= 0.6 is 11.6 Å². The Hall–Kier alpha value is -2.86. The van der Waals surface area contributed by atoms with Crippen molar-refractivity contribution in [2.24, 2.45) is 0 Å². The summed E-state index contributed by atoms with van der Waals surface area (Å²) in [5.74, 6) is -1.08. The maximum atomic E-state index is 11.9. The van der Waals surface area contributed by atoms with Crippen LogP contribution in [-0.2, 0) is 14.3 Å². The molecule has 0 atom stereocenters. The third-order valence-corrected chi connectivity index (χ3v) is 3.69. The Labute approximate surface area is 156 Å². The summed E-state index contributed by atoms with van der Waals surface area (Å²) in [6.07, 6.45) is 0. The summed E-state index contributed by atoms with van der Waals surface area (Å²) in [7, 11) is 0. The van der Waals surface area contributed by atoms with E-state index in [2.05, 4.69) is 5.32 Å². The predicted molar refractivity (Wildman–Crippen MR) is 97.7 cm³/mol. The molecule has 0 radical (unpaired) electrons. The molecule has 2 rings (SSSR count). The molecule has 0 fully saturated rings. The van der Waals surface area contributed by atoms with E-state index in [4.69, 9.17) is 21.1 Å². The van der Waals surface area contributed by atoms with Gasteiger partial charge in [-0.2, -0.15) is 0 Å². The molecule has 7 heteroatoms. The minimum absolute atomic E-state index is 0.179. The van der Waals surface area contributed by atoms with Crippen LogP contribution in [-0.4, -0.2) is 30.9 Å². The van der Waals surface area contributed by atoms with Crippen molar-refractivity contribution in [1.82, 2.24) is 0 Å². The van der Waals surface area contributed by atoms with Crippen molar-refractivity contribution >= 4 is 34.9 Å². The minimum Gasteiger partial charge on any atom is -0.480 e. The fraction of sp³-hybridized carbons (Fsp3) is 0.211. The highest BCUT2D eigenvalue weighted by Gasteiger charge is 2.13. The van der Waals surface area contributed by atoms with Gasteiger partial charge >= 0.3 is 5.97 Å². The summed E-state index contributed by atoms with van der Waals surface area (Å²) >= 11 is 5.97. The van der Waals surface area contributed by atoms with E-state index in [0.29, 0.717) is 22.0 Å². The molecule has 0 aliphatic heterocycles. The Kier molecular flexibility index (Phi) is 6.74. The number of aryl methyl sites for hydroxylation is 1. The Morgan fingerprint density at radius 3 is 2.54 bits per heavy atom. The number of para-hydroxylation sites is 1. The van der Waals surface area contributed by atoms with E-state index in [0.717, 1.165) is 5.56 Å². The van der Waals surface area contributed by atoms with E-state index in [-0.39, 0.29) is 12.4 Å². The van der Waals surface area contributed by atoms with Gasteiger partial charge < -0.3 is 14.8 Å². The smallest absolute Gasteiger partial charge is 0.344 e. The molecule has 1 amide bonds. The van der Waals surface area contributed by atoms with Gasteiger partial charge in [-0.05, 0) is 43.7 Å². The zero-order valence-corrected chi connectivity index (χ0v) is 15.1. The molecule has 6 nitrogen and oxygen atoms in total. The Morgan fingerprint density at radius 2 is 1.81 bits per heavy atom. The van der Waals surface area contributed by atoms with E-state index in [1.54, 1.807) is 36.4 Å². The first kappa shape index (κ1) is 19.5. The van der Waals surface area contributed by atoms with Gasteiger partial charge in [0.15, 0.2) is 19.0 Å². The Balaban J connectivity index is 1.83. The number of Topliss-reactive ketones (excluding diaryl/α,β-unsaturated/α-hetero) is 1. The third-order valence-electron chi connectivity index (χ3n) is 3.38. The summed E-state index contributed by atoms with van der Waals surface area (Å²) in [5.41, 5.74) is 1.68. The first-order valence-electron chi connectivity index (χ1n) is 7.81. The summed E-state index contributed by atoms with van der Waals surface area (Å²) < 4.78 is 10.2. The van der Waals surface area contributed by atoms with Crippen molar-refractivity contribution in [3.8, 4) is 5.75 Å². The molecule has 0 saturated heterocycles. The van der Waals surface area contributed by atoms with Crippen molar-refractivity contribution in [3.63, 3.8) is 0 Å². The van der Waals surface area contributed by atoms with Gasteiger partial charge in [-0.25, -0.2) is 4.79 Å². The van der Waals surface area contributed by atoms with Gasteiger partial charge in [-0.3, -0.25) is 9.59 Å². The van der Waals surface area contributed by atoms with Crippen LogP contribution in [0.2, 0.25) is 5.02 Å². The quantitative estimate of drug-likeness (QED) is 0.592. The van der Waals surface area contributed by atoms with Crippen molar-refractivity contribution in [1.29, 1.82) is 0 Å². The monoisotopic (exact) mass is 375 g/mol. The lowest BCUT2D eigenvalue weighted by molar-refractivity contribution is -0.149. The molecule has 0 aliphatic carbocycles. The van der Waals surface area contributed by atoms with Gasteiger partial charge in [-0.15, -0.1) is 0 Å². The van der Waals surface area contributed by atoms with E-state index in [1.165, 1.54) is 6.92 Å². The normalized spacial score (nSPS) is 10.1. The number of halogens is 1. The standard InChI is InChI=1S/C19H18ClNO5/c1-12-7-8-15(20)17(9-12)25-11-19(24)26-10-18(23)21-16-6-4-3-5-14(16)13(2)22/h3-9H,10-11H2,1-2H3,(H,21,23). The number of carbonyl (C=O) groups excluding carboxylic acids is 3. The molecule has 2 aromatic rings. The van der Waals surface area contributed by atoms with E-state index < -0.39 is 18.5 Å². The van der Waals surface area contributed by atoms with Crippen LogP contribution in [0.25, 0.3) is 0 Å². The van der Waals surface area contributed by atoms with Crippen LogP contribution in [0.1, 0.15) is 22.8 Å². The van der Waals surface area contributed by atoms with Gasteiger partial charge in [0.1, 0.15) is 5.75 Å². The molecular weight excluding hydrogens is 358 g/mol. The van der Waals surface area contributed by atoms with Crippen LogP contribution in [0.4, 0.5) is 5.69 Å². The Morgan fingerprint density at radius 1 is 1.08 bits per heavy atom. The lowest BCUT2D eigenvalue weighted by atomic mass is 10.1. The average Bonchev–Trinajstić information content (AvgIpc) is 2.61. The predicted octanol–water partition coefficient (Wildman–Crippen LogP) is 3.41. The Bertz CT molecular complexity index is 834. The highest BCUT2D eigenvalue weighted by Crippen LogP contribution is 2.25. The fourth-order valence-corrected chi connectivity index (χ4v) is 2.30. The van der Waals surface area contributed by atoms with Crippen LogP contribution in [0.3, 0.4) is 0 Å². The van der Waals surface area contributed by atoms with Crippen molar-refractivity contribution in [3.05, 3.63) is 58.6 Å². The highest BCUT2D eigenvalue weighted by molar-refractivity contribution is 6.32.